The Kier molecular flexibility index (Phi) is 6.57. The number of carbonyl (C=O) groups excluding carboxylic acids is 1. The number of nitrogens with zero attached hydrogens (tertiary/aromatic N) is 4. The largest absolute Gasteiger partial charge is 0.485 e. The number of sulfone groups is 1. The molecule has 0 spiro atoms. The fourth-order valence-corrected chi connectivity index (χ4v) is 3.95. The normalized spacial score (nSPS) is 12.7. The van der Waals surface area contributed by atoms with E-state index in [9.17, 15) is 35.2 Å². The van der Waals surface area contributed by atoms with Gasteiger partial charge in [0.1, 0.15) is 17.0 Å². The third-order valence-electron chi connectivity index (χ3n) is 4.98. The Bertz CT molecular complexity index is 1340. The van der Waals surface area contributed by atoms with Gasteiger partial charge in [0.05, 0.1) is 28.7 Å². The molecule has 0 fully saturated rings. The molecule has 3 heterocycles. The highest BCUT2D eigenvalue weighted by atomic mass is 32.2. The first kappa shape index (κ1) is 25.3. The molecule has 0 aliphatic heterocycles. The predicted octanol–water partition coefficient (Wildman–Crippen LogP) is 3.75. The summed E-state index contributed by atoms with van der Waals surface area (Å²) in [5, 5.41) is 0. The third-order valence-corrected chi connectivity index (χ3v) is 6.72. The van der Waals surface area contributed by atoms with Crippen LogP contribution in [-0.4, -0.2) is 60.2 Å². The molecule has 0 saturated carbocycles. The lowest BCUT2D eigenvalue weighted by Crippen LogP contribution is -2.41. The van der Waals surface area contributed by atoms with Gasteiger partial charge in [0.25, 0.3) is 0 Å². The minimum atomic E-state index is -5.79. The lowest BCUT2D eigenvalue weighted by Gasteiger charge is -2.20. The molecule has 14 heteroatoms. The zero-order valence-corrected chi connectivity index (χ0v) is 18.9. The summed E-state index contributed by atoms with van der Waals surface area (Å²) >= 11 is 0. The molecule has 184 valence electrons. The maximum Gasteiger partial charge on any atom is 0.456 e. The van der Waals surface area contributed by atoms with Crippen LogP contribution in [0.3, 0.4) is 0 Å². The second kappa shape index (κ2) is 8.81. The molecule has 0 aromatic carbocycles. The van der Waals surface area contributed by atoms with E-state index < -0.39 is 28.5 Å². The summed E-state index contributed by atoms with van der Waals surface area (Å²) in [4.78, 5) is 20.9. The van der Waals surface area contributed by atoms with E-state index in [1.54, 1.807) is 0 Å². The minimum absolute atomic E-state index is 0.0158. The Morgan fingerprint density at radius 2 is 1.85 bits per heavy atom. The smallest absolute Gasteiger partial charge is 0.456 e. The Morgan fingerprint density at radius 3 is 2.44 bits per heavy atom. The van der Waals surface area contributed by atoms with Gasteiger partial charge in [-0.15, -0.1) is 0 Å². The van der Waals surface area contributed by atoms with E-state index in [4.69, 9.17) is 4.74 Å². The maximum absolute atomic E-state index is 13.3. The quantitative estimate of drug-likeness (QED) is 0.453. The maximum atomic E-state index is 13.3. The second-order valence-corrected chi connectivity index (χ2v) is 9.47. The third kappa shape index (κ3) is 4.67. The summed E-state index contributed by atoms with van der Waals surface area (Å²) in [7, 11) is -2.43. The van der Waals surface area contributed by atoms with Crippen LogP contribution in [0.5, 0.6) is 5.75 Å². The van der Waals surface area contributed by atoms with Gasteiger partial charge in [0.2, 0.25) is 5.91 Å². The van der Waals surface area contributed by atoms with Gasteiger partial charge in [0.15, 0.2) is 22.3 Å². The molecule has 0 radical (unpaired) electrons. The number of rotatable bonds is 7. The number of carbonyl (C=O) groups is 1. The number of hydrogen-bond acceptors (Lipinski definition) is 6. The van der Waals surface area contributed by atoms with Gasteiger partial charge in [-0.1, -0.05) is 6.92 Å². The molecule has 34 heavy (non-hydrogen) atoms. The summed E-state index contributed by atoms with van der Waals surface area (Å²) in [6.07, 6.45) is -2.00. The average Bonchev–Trinajstić information content (AvgIpc) is 3.20. The van der Waals surface area contributed by atoms with Gasteiger partial charge in [0, 0.05) is 20.2 Å². The van der Waals surface area contributed by atoms with Gasteiger partial charge < -0.3 is 9.64 Å². The molecule has 0 N–H and O–H groups in total. The minimum Gasteiger partial charge on any atom is -0.485 e. The van der Waals surface area contributed by atoms with Crippen molar-refractivity contribution in [3.63, 3.8) is 0 Å². The van der Waals surface area contributed by atoms with Crippen molar-refractivity contribution in [2.45, 2.75) is 30.8 Å². The van der Waals surface area contributed by atoms with Crippen molar-refractivity contribution in [3.05, 3.63) is 36.8 Å². The zero-order chi connectivity index (χ0) is 25.5. The Morgan fingerprint density at radius 1 is 1.18 bits per heavy atom. The number of amides is 1. The number of fused-ring (bicyclic) bond motifs is 1. The summed E-state index contributed by atoms with van der Waals surface area (Å²) in [6.45, 7) is 0.751. The van der Waals surface area contributed by atoms with E-state index >= 15 is 0 Å². The molecule has 0 saturated heterocycles. The van der Waals surface area contributed by atoms with Gasteiger partial charge in [-0.25, -0.2) is 18.4 Å². The lowest BCUT2D eigenvalue weighted by atomic mass is 10.3. The fourth-order valence-electron chi connectivity index (χ4n) is 2.90. The number of alkyl halides is 5. The molecule has 0 aliphatic rings. The second-order valence-electron chi connectivity index (χ2n) is 7.22. The van der Waals surface area contributed by atoms with E-state index in [2.05, 4.69) is 9.97 Å². The lowest BCUT2D eigenvalue weighted by molar-refractivity contribution is -0.289. The number of halogens is 5. The predicted molar refractivity (Wildman–Crippen MR) is 112 cm³/mol. The number of aromatic nitrogens is 3. The van der Waals surface area contributed by atoms with Crippen LogP contribution in [-0.2, 0) is 14.6 Å². The molecular formula is C20H19F5N4O4S. The zero-order valence-electron chi connectivity index (χ0n) is 18.1. The van der Waals surface area contributed by atoms with E-state index in [0.29, 0.717) is 0 Å². The number of hydrogen-bond donors (Lipinski definition) is 0. The van der Waals surface area contributed by atoms with Crippen LogP contribution in [0.15, 0.2) is 41.7 Å². The van der Waals surface area contributed by atoms with E-state index in [1.807, 2.05) is 0 Å². The summed E-state index contributed by atoms with van der Waals surface area (Å²) in [5.74, 6) is -6.08. The molecule has 0 unspecified atom stereocenters. The highest BCUT2D eigenvalue weighted by molar-refractivity contribution is 7.91. The van der Waals surface area contributed by atoms with Gasteiger partial charge in [-0.2, -0.15) is 22.0 Å². The molecule has 3 aromatic heterocycles. The van der Waals surface area contributed by atoms with Crippen LogP contribution in [0.4, 0.5) is 27.6 Å². The van der Waals surface area contributed by atoms with E-state index in [1.165, 1.54) is 60.8 Å². The summed E-state index contributed by atoms with van der Waals surface area (Å²) in [6, 6.07) is 3.74. The highest BCUT2D eigenvalue weighted by Crippen LogP contribution is 2.37. The first-order valence-corrected chi connectivity index (χ1v) is 11.4. The Hall–Kier alpha value is -3.29. The summed E-state index contributed by atoms with van der Waals surface area (Å²) < 4.78 is 95.5. The number of anilines is 1. The first-order chi connectivity index (χ1) is 15.7. The Balaban J connectivity index is 2.12. The Labute approximate surface area is 190 Å². The van der Waals surface area contributed by atoms with Crippen molar-refractivity contribution in [3.8, 4) is 17.3 Å². The van der Waals surface area contributed by atoms with E-state index in [0.717, 1.165) is 6.20 Å². The average molecular weight is 506 g/mol. The monoisotopic (exact) mass is 506 g/mol. The van der Waals surface area contributed by atoms with Crippen LogP contribution in [0.25, 0.3) is 17.0 Å². The molecular weight excluding hydrogens is 487 g/mol. The van der Waals surface area contributed by atoms with Gasteiger partial charge >= 0.3 is 12.1 Å². The molecule has 0 atom stereocenters. The van der Waals surface area contributed by atoms with Crippen LogP contribution < -0.4 is 9.64 Å². The molecule has 3 aromatic rings. The van der Waals surface area contributed by atoms with Crippen molar-refractivity contribution in [1.82, 2.24) is 14.4 Å². The van der Waals surface area contributed by atoms with E-state index in [-0.39, 0.29) is 45.0 Å². The molecule has 0 bridgehead atoms. The van der Waals surface area contributed by atoms with Crippen molar-refractivity contribution in [2.24, 2.45) is 0 Å². The molecule has 0 aliphatic carbocycles. The molecule has 1 amide bonds. The highest BCUT2D eigenvalue weighted by Gasteiger charge is 2.58. The van der Waals surface area contributed by atoms with Crippen LogP contribution in [0.1, 0.15) is 13.8 Å². The molecule has 8 nitrogen and oxygen atoms in total. The fraction of sp³-hybridized carbons (Fsp3) is 0.350. The van der Waals surface area contributed by atoms with Crippen LogP contribution >= 0.6 is 0 Å². The van der Waals surface area contributed by atoms with Crippen LogP contribution in [0.2, 0.25) is 0 Å². The van der Waals surface area contributed by atoms with Crippen molar-refractivity contribution >= 4 is 26.9 Å². The first-order valence-electron chi connectivity index (χ1n) is 9.70. The number of pyridine rings is 2. The standard InChI is InChI=1S/C20H19F5N4O4S/c1-4-34(31,32)16-8-13(28(3)12(2)30)9-26-17(16)18-27-10-14-15(6-5-7-29(14)18)33-11-19(21,22)20(23,24)25/h5-10H,4,11H2,1-3H3. The van der Waals surface area contributed by atoms with Crippen molar-refractivity contribution in [2.75, 3.05) is 24.3 Å². The van der Waals surface area contributed by atoms with Crippen molar-refractivity contribution in [1.29, 1.82) is 0 Å². The van der Waals surface area contributed by atoms with Crippen molar-refractivity contribution < 1.29 is 39.9 Å². The summed E-state index contributed by atoms with van der Waals surface area (Å²) in [5.41, 5.74) is 0.130. The van der Waals surface area contributed by atoms with Gasteiger partial charge in [-0.3, -0.25) is 9.20 Å². The number of imidazole rings is 1. The topological polar surface area (TPSA) is 93.9 Å². The van der Waals surface area contributed by atoms with Gasteiger partial charge in [-0.05, 0) is 18.2 Å². The van der Waals surface area contributed by atoms with Crippen LogP contribution in [0, 0.1) is 0 Å². The number of ether oxygens (including phenoxy) is 1. The molecule has 3 rings (SSSR count). The SMILES string of the molecule is CCS(=O)(=O)c1cc(N(C)C(C)=O)cnc1-c1ncc2c(OCC(F)(F)C(F)(F)F)cccn12.